The van der Waals surface area contributed by atoms with Crippen LogP contribution in [0, 0.1) is 0 Å². The number of piperidine rings is 1. The first kappa shape index (κ1) is 18.7. The molecule has 1 aromatic heterocycles. The van der Waals surface area contributed by atoms with Gasteiger partial charge in [-0.2, -0.15) is 0 Å². The average Bonchev–Trinajstić information content (AvgIpc) is 2.99. The highest BCUT2D eigenvalue weighted by molar-refractivity contribution is 5.52. The molecule has 0 amide bonds. The number of aliphatic hydroxyl groups is 1. The topological polar surface area (TPSA) is 64.1 Å². The molecule has 3 unspecified atom stereocenters. The molecule has 1 aromatic carbocycles. The number of hydrogen-bond acceptors (Lipinski definition) is 6. The molecule has 29 heavy (non-hydrogen) atoms. The van der Waals surface area contributed by atoms with Crippen molar-refractivity contribution in [3.05, 3.63) is 48.3 Å². The number of nitrogens with zero attached hydrogens (tertiary/aromatic N) is 2. The van der Waals surface area contributed by atoms with E-state index in [9.17, 15) is 5.11 Å². The highest BCUT2D eigenvalue weighted by atomic mass is 16.6. The zero-order valence-corrected chi connectivity index (χ0v) is 16.8. The Morgan fingerprint density at radius 3 is 2.72 bits per heavy atom. The summed E-state index contributed by atoms with van der Waals surface area (Å²) in [5.74, 6) is 2.19. The SMILES string of the molecule is CCOc1cccc2c1OC(CN1C3CCC1CC(O)(c1ccccn1)C3)CO2. The highest BCUT2D eigenvalue weighted by Crippen LogP contribution is 2.46. The van der Waals surface area contributed by atoms with Gasteiger partial charge in [0.2, 0.25) is 5.75 Å². The lowest BCUT2D eigenvalue weighted by atomic mass is 9.83. The zero-order valence-electron chi connectivity index (χ0n) is 16.8. The number of benzene rings is 1. The first-order valence-corrected chi connectivity index (χ1v) is 10.6. The van der Waals surface area contributed by atoms with Gasteiger partial charge < -0.3 is 19.3 Å². The van der Waals surface area contributed by atoms with Gasteiger partial charge in [0.1, 0.15) is 18.3 Å². The van der Waals surface area contributed by atoms with Crippen LogP contribution in [0.2, 0.25) is 0 Å². The second-order valence-electron chi connectivity index (χ2n) is 8.30. The summed E-state index contributed by atoms with van der Waals surface area (Å²) in [4.78, 5) is 6.95. The highest BCUT2D eigenvalue weighted by Gasteiger charge is 2.49. The molecule has 0 saturated carbocycles. The Bertz CT molecular complexity index is 845. The zero-order chi connectivity index (χ0) is 19.8. The van der Waals surface area contributed by atoms with Crippen molar-refractivity contribution in [1.29, 1.82) is 0 Å². The third-order valence-corrected chi connectivity index (χ3v) is 6.43. The minimum atomic E-state index is -0.831. The van der Waals surface area contributed by atoms with Gasteiger partial charge in [-0.05, 0) is 56.9 Å². The summed E-state index contributed by atoms with van der Waals surface area (Å²) < 4.78 is 18.0. The average molecular weight is 396 g/mol. The molecular weight excluding hydrogens is 368 g/mol. The predicted octanol–water partition coefficient (Wildman–Crippen LogP) is 3.13. The molecule has 6 heteroatoms. The molecule has 4 heterocycles. The summed E-state index contributed by atoms with van der Waals surface area (Å²) in [5.41, 5.74) is -0.0357. The fourth-order valence-electron chi connectivity index (χ4n) is 5.16. The molecule has 2 bridgehead atoms. The first-order chi connectivity index (χ1) is 14.2. The number of aromatic nitrogens is 1. The van der Waals surface area contributed by atoms with Crippen LogP contribution >= 0.6 is 0 Å². The molecule has 2 saturated heterocycles. The van der Waals surface area contributed by atoms with Crippen molar-refractivity contribution >= 4 is 0 Å². The van der Waals surface area contributed by atoms with Gasteiger partial charge in [0.15, 0.2) is 11.5 Å². The maximum atomic E-state index is 11.3. The number of hydrogen-bond donors (Lipinski definition) is 1. The minimum absolute atomic E-state index is 0.0479. The molecule has 5 rings (SSSR count). The van der Waals surface area contributed by atoms with E-state index in [-0.39, 0.29) is 6.10 Å². The summed E-state index contributed by atoms with van der Waals surface area (Å²) in [6, 6.07) is 12.2. The van der Waals surface area contributed by atoms with Crippen molar-refractivity contribution in [3.63, 3.8) is 0 Å². The van der Waals surface area contributed by atoms with Crippen LogP contribution in [-0.4, -0.2) is 52.9 Å². The Kier molecular flexibility index (Phi) is 4.84. The lowest BCUT2D eigenvalue weighted by molar-refractivity contribution is -0.0713. The van der Waals surface area contributed by atoms with Gasteiger partial charge in [-0.1, -0.05) is 12.1 Å². The predicted molar refractivity (Wildman–Crippen MR) is 108 cm³/mol. The van der Waals surface area contributed by atoms with Gasteiger partial charge in [0.25, 0.3) is 0 Å². The van der Waals surface area contributed by atoms with Crippen LogP contribution in [0.4, 0.5) is 0 Å². The quantitative estimate of drug-likeness (QED) is 0.838. The number of fused-ring (bicyclic) bond motifs is 3. The molecular formula is C23H28N2O4. The van der Waals surface area contributed by atoms with Crippen LogP contribution < -0.4 is 14.2 Å². The Morgan fingerprint density at radius 1 is 1.17 bits per heavy atom. The van der Waals surface area contributed by atoms with E-state index in [4.69, 9.17) is 14.2 Å². The Labute approximate surface area is 171 Å². The molecule has 2 fully saturated rings. The Hall–Kier alpha value is -2.31. The van der Waals surface area contributed by atoms with E-state index in [1.807, 2.05) is 43.3 Å². The van der Waals surface area contributed by atoms with Crippen molar-refractivity contribution in [3.8, 4) is 17.2 Å². The summed E-state index contributed by atoms with van der Waals surface area (Å²) in [7, 11) is 0. The van der Waals surface area contributed by atoms with Gasteiger partial charge >= 0.3 is 0 Å². The molecule has 3 aliphatic heterocycles. The maximum absolute atomic E-state index is 11.3. The van der Waals surface area contributed by atoms with Gasteiger partial charge in [-0.25, -0.2) is 0 Å². The monoisotopic (exact) mass is 396 g/mol. The third kappa shape index (κ3) is 3.45. The van der Waals surface area contributed by atoms with Crippen LogP contribution in [0.25, 0.3) is 0 Å². The number of ether oxygens (including phenoxy) is 3. The molecule has 3 atom stereocenters. The van der Waals surface area contributed by atoms with E-state index in [1.54, 1.807) is 6.20 Å². The van der Waals surface area contributed by atoms with Gasteiger partial charge in [0.05, 0.1) is 12.3 Å². The third-order valence-electron chi connectivity index (χ3n) is 6.43. The fraction of sp³-hybridized carbons (Fsp3) is 0.522. The lowest BCUT2D eigenvalue weighted by Crippen LogP contribution is -2.53. The standard InChI is InChI=1S/C23H28N2O4/c1-2-27-19-6-5-7-20-22(19)29-18(15-28-20)14-25-16-9-10-17(25)13-23(26,12-16)21-8-3-4-11-24-21/h3-8,11,16-18,26H,2,9-10,12-15H2,1H3. The number of para-hydroxylation sites is 1. The fourth-order valence-corrected chi connectivity index (χ4v) is 5.16. The normalized spacial score (nSPS) is 30.9. The van der Waals surface area contributed by atoms with Gasteiger partial charge in [-0.3, -0.25) is 9.88 Å². The molecule has 154 valence electrons. The van der Waals surface area contributed by atoms with Crippen molar-refractivity contribution in [2.45, 2.75) is 56.4 Å². The second-order valence-corrected chi connectivity index (χ2v) is 8.30. The van der Waals surface area contributed by atoms with Crippen LogP contribution in [0.1, 0.15) is 38.3 Å². The molecule has 0 radical (unpaired) electrons. The molecule has 3 aliphatic rings. The molecule has 2 aromatic rings. The largest absolute Gasteiger partial charge is 0.490 e. The van der Waals surface area contributed by atoms with Gasteiger partial charge in [0, 0.05) is 24.8 Å². The summed E-state index contributed by atoms with van der Waals surface area (Å²) in [5, 5.41) is 11.3. The minimum Gasteiger partial charge on any atom is -0.490 e. The van der Waals surface area contributed by atoms with E-state index in [0.717, 1.165) is 49.4 Å². The van der Waals surface area contributed by atoms with Crippen molar-refractivity contribution in [2.75, 3.05) is 19.8 Å². The van der Waals surface area contributed by atoms with Crippen LogP contribution in [-0.2, 0) is 5.60 Å². The summed E-state index contributed by atoms with van der Waals surface area (Å²) in [6.07, 6.45) is 5.36. The van der Waals surface area contributed by atoms with E-state index < -0.39 is 5.60 Å². The number of pyridine rings is 1. The Balaban J connectivity index is 1.29. The summed E-state index contributed by atoms with van der Waals surface area (Å²) in [6.45, 7) is 3.89. The second kappa shape index (κ2) is 7.50. The van der Waals surface area contributed by atoms with E-state index in [1.165, 1.54) is 0 Å². The van der Waals surface area contributed by atoms with Crippen molar-refractivity contribution in [2.24, 2.45) is 0 Å². The molecule has 0 spiro atoms. The smallest absolute Gasteiger partial charge is 0.204 e. The van der Waals surface area contributed by atoms with E-state index in [2.05, 4.69) is 9.88 Å². The molecule has 6 nitrogen and oxygen atoms in total. The van der Waals surface area contributed by atoms with Crippen molar-refractivity contribution < 1.29 is 19.3 Å². The van der Waals surface area contributed by atoms with E-state index in [0.29, 0.717) is 31.0 Å². The van der Waals surface area contributed by atoms with Crippen molar-refractivity contribution in [1.82, 2.24) is 9.88 Å². The molecule has 0 aliphatic carbocycles. The van der Waals surface area contributed by atoms with Crippen LogP contribution in [0.3, 0.4) is 0 Å². The summed E-state index contributed by atoms with van der Waals surface area (Å²) >= 11 is 0. The van der Waals surface area contributed by atoms with Gasteiger partial charge in [-0.15, -0.1) is 0 Å². The lowest BCUT2D eigenvalue weighted by Gasteiger charge is -2.44. The van der Waals surface area contributed by atoms with Crippen LogP contribution in [0.15, 0.2) is 42.6 Å². The molecule has 1 N–H and O–H groups in total. The van der Waals surface area contributed by atoms with Crippen LogP contribution in [0.5, 0.6) is 17.2 Å². The Morgan fingerprint density at radius 2 is 2.00 bits per heavy atom. The van der Waals surface area contributed by atoms with E-state index >= 15 is 0 Å². The maximum Gasteiger partial charge on any atom is 0.204 e. The first-order valence-electron chi connectivity index (χ1n) is 10.6. The number of rotatable bonds is 5.